The predicted octanol–water partition coefficient (Wildman–Crippen LogP) is 14.3. The van der Waals surface area contributed by atoms with Gasteiger partial charge in [0, 0.05) is 0 Å². The van der Waals surface area contributed by atoms with Crippen LogP contribution in [0.2, 0.25) is 0 Å². The predicted molar refractivity (Wildman–Crippen MR) is 263 cm³/mol. The first kappa shape index (κ1) is 41.8. The van der Waals surface area contributed by atoms with Crippen LogP contribution in [0.3, 0.4) is 0 Å². The van der Waals surface area contributed by atoms with Gasteiger partial charge in [-0.25, -0.2) is 0 Å². The van der Waals surface area contributed by atoms with E-state index in [2.05, 4.69) is 167 Å². The number of aryl methyl sites for hydroxylation is 2. The zero-order valence-corrected chi connectivity index (χ0v) is 41.4. The van der Waals surface area contributed by atoms with Crippen LogP contribution in [0.15, 0.2) is 139 Å². The molecular formula is C56H59Cl2SiZr. The molecule has 0 saturated heterocycles. The molecular weight excluding hydrogens is 863 g/mol. The Bertz CT molecular complexity index is 2520. The SMILES string of the molecule is CCCCc1ccccc1-c1cccc2c1C=C(CCC)[CH]2[Zr]([Cl])([Cl])([c]1cccc2c1[SiH2]c1ccccc1-2)[CH]1C(CCC)=Cc2c(-c3ccccc3CCCC)cccc21. The molecule has 1 heterocycles. The Labute approximate surface area is 370 Å². The molecule has 2 atom stereocenters. The number of hydrogen-bond donors (Lipinski definition) is 0. The normalized spacial score (nSPS) is 17.4. The first-order valence-electron chi connectivity index (χ1n) is 22.9. The average molecular weight is 922 g/mol. The van der Waals surface area contributed by atoms with Crippen molar-refractivity contribution in [3.8, 4) is 33.4 Å². The minimum absolute atomic E-state index is 0.0617. The molecule has 0 amide bonds. The molecule has 9 rings (SSSR count). The Balaban J connectivity index is 1.34. The van der Waals surface area contributed by atoms with Gasteiger partial charge in [-0.15, -0.1) is 0 Å². The summed E-state index contributed by atoms with van der Waals surface area (Å²) in [5.74, 6) is 0. The van der Waals surface area contributed by atoms with Crippen LogP contribution in [0.1, 0.15) is 120 Å². The van der Waals surface area contributed by atoms with E-state index in [1.807, 2.05) is 0 Å². The second kappa shape index (κ2) is 17.3. The monoisotopic (exact) mass is 919 g/mol. The number of hydrogen-bond acceptors (Lipinski definition) is 0. The summed E-state index contributed by atoms with van der Waals surface area (Å²) >= 11 is -5.60. The second-order valence-electron chi connectivity index (χ2n) is 17.8. The van der Waals surface area contributed by atoms with Crippen molar-refractivity contribution < 1.29 is 16.4 Å². The molecule has 0 radical (unpaired) electrons. The van der Waals surface area contributed by atoms with Gasteiger partial charge in [-0.3, -0.25) is 0 Å². The van der Waals surface area contributed by atoms with Crippen molar-refractivity contribution in [2.75, 3.05) is 0 Å². The molecule has 1 aliphatic heterocycles. The van der Waals surface area contributed by atoms with Crippen molar-refractivity contribution in [2.24, 2.45) is 0 Å². The Morgan fingerprint density at radius 2 is 0.900 bits per heavy atom. The van der Waals surface area contributed by atoms with E-state index in [1.54, 1.807) is 0 Å². The molecule has 0 bridgehead atoms. The molecule has 0 N–H and O–H groups in total. The summed E-state index contributed by atoms with van der Waals surface area (Å²) in [6, 6.07) is 48.5. The number of benzene rings is 6. The van der Waals surface area contributed by atoms with Gasteiger partial charge >= 0.3 is 373 Å². The van der Waals surface area contributed by atoms with Gasteiger partial charge in [-0.1, -0.05) is 0 Å². The molecule has 6 aromatic rings. The maximum absolute atomic E-state index is 9.39. The standard InChI is InChI=1S/2C22H25.C12H9Si.2ClH.Zr/c2*1-3-5-10-18-11-6-7-13-20(18)21-14-8-12-19-15-17(9-4-2)16-22(19)21;1-3-7-11-9(5-1)10-6-2-4-8-12(10)13-11;;;/h2*6-8,11-16H,3-5,9-10H2,1-2H3;1-7H,13H2;2*1H;/q;;;;;+2/p-2. The summed E-state index contributed by atoms with van der Waals surface area (Å²) in [7, 11) is 17.9. The fourth-order valence-corrected chi connectivity index (χ4v) is 39.5. The molecule has 2 aliphatic carbocycles. The van der Waals surface area contributed by atoms with Gasteiger partial charge in [0.15, 0.2) is 0 Å². The quantitative estimate of drug-likeness (QED) is 0.0899. The molecule has 2 unspecified atom stereocenters. The van der Waals surface area contributed by atoms with E-state index in [9.17, 15) is 17.0 Å². The van der Waals surface area contributed by atoms with Crippen molar-refractivity contribution in [1.29, 1.82) is 0 Å². The second-order valence-corrected chi connectivity index (χ2v) is 40.2. The molecule has 0 spiro atoms. The van der Waals surface area contributed by atoms with Gasteiger partial charge in [0.1, 0.15) is 0 Å². The summed E-state index contributed by atoms with van der Waals surface area (Å²) in [5, 5.41) is 3.00. The zero-order chi connectivity index (χ0) is 41.5. The first-order valence-corrected chi connectivity index (χ1v) is 34.7. The number of fused-ring (bicyclic) bond motifs is 5. The third kappa shape index (κ3) is 6.97. The van der Waals surface area contributed by atoms with Crippen LogP contribution in [-0.2, 0) is 29.2 Å². The maximum atomic E-state index is 9.39. The third-order valence-corrected chi connectivity index (χ3v) is 36.8. The van der Waals surface area contributed by atoms with E-state index in [0.29, 0.717) is 0 Å². The van der Waals surface area contributed by atoms with Crippen LogP contribution in [0.25, 0.3) is 45.5 Å². The van der Waals surface area contributed by atoms with Crippen LogP contribution in [-0.4, -0.2) is 9.52 Å². The van der Waals surface area contributed by atoms with Crippen LogP contribution < -0.4 is 13.6 Å². The number of unbranched alkanes of at least 4 members (excludes halogenated alkanes) is 2. The average Bonchev–Trinajstić information content (AvgIpc) is 3.97. The molecule has 6 aromatic carbocycles. The summed E-state index contributed by atoms with van der Waals surface area (Å²) in [4.78, 5) is 0. The van der Waals surface area contributed by atoms with Crippen LogP contribution in [0, 0.1) is 0 Å². The number of allylic oxidation sites excluding steroid dienone is 2. The topological polar surface area (TPSA) is 0 Å². The summed E-state index contributed by atoms with van der Waals surface area (Å²) < 4.78 is 1.20. The molecule has 0 nitrogen and oxygen atoms in total. The van der Waals surface area contributed by atoms with Crippen LogP contribution in [0.4, 0.5) is 0 Å². The number of rotatable bonds is 15. The fourth-order valence-electron chi connectivity index (χ4n) is 11.5. The zero-order valence-electron chi connectivity index (χ0n) is 36.0. The Kier molecular flexibility index (Phi) is 12.1. The Hall–Kier alpha value is -3.52. The number of halogens is 2. The van der Waals surface area contributed by atoms with E-state index in [1.165, 1.54) is 117 Å². The fraction of sp³-hybridized carbons (Fsp3) is 0.286. The van der Waals surface area contributed by atoms with Crippen molar-refractivity contribution in [1.82, 2.24) is 0 Å². The molecule has 3 aliphatic rings. The molecule has 0 aromatic heterocycles. The minimum atomic E-state index is -5.60. The van der Waals surface area contributed by atoms with Gasteiger partial charge in [-0.05, 0) is 0 Å². The first-order chi connectivity index (χ1) is 29.3. The van der Waals surface area contributed by atoms with Crippen molar-refractivity contribution in [3.63, 3.8) is 0 Å². The molecule has 305 valence electrons. The van der Waals surface area contributed by atoms with Crippen LogP contribution >= 0.6 is 17.0 Å². The molecule has 0 saturated carbocycles. The van der Waals surface area contributed by atoms with E-state index < -0.39 is 25.9 Å². The summed E-state index contributed by atoms with van der Waals surface area (Å²) in [6.07, 6.45) is 16.0. The van der Waals surface area contributed by atoms with Crippen molar-refractivity contribution in [2.45, 2.75) is 99.2 Å². The van der Waals surface area contributed by atoms with Crippen molar-refractivity contribution in [3.05, 3.63) is 172 Å². The van der Waals surface area contributed by atoms with Crippen LogP contribution in [0.5, 0.6) is 0 Å². The molecule has 60 heavy (non-hydrogen) atoms. The summed E-state index contributed by atoms with van der Waals surface area (Å²) in [6.45, 7) is 9.23. The van der Waals surface area contributed by atoms with E-state index in [-0.39, 0.29) is 7.25 Å². The van der Waals surface area contributed by atoms with Gasteiger partial charge in [0.2, 0.25) is 0 Å². The molecule has 4 heteroatoms. The molecule has 0 fully saturated rings. The Morgan fingerprint density at radius 3 is 1.42 bits per heavy atom. The van der Waals surface area contributed by atoms with E-state index >= 15 is 0 Å². The van der Waals surface area contributed by atoms with Gasteiger partial charge in [0.25, 0.3) is 0 Å². The third-order valence-electron chi connectivity index (χ3n) is 14.0. The Morgan fingerprint density at radius 1 is 0.450 bits per heavy atom. The van der Waals surface area contributed by atoms with Gasteiger partial charge in [-0.2, -0.15) is 0 Å². The van der Waals surface area contributed by atoms with E-state index in [4.69, 9.17) is 0 Å². The summed E-state index contributed by atoms with van der Waals surface area (Å²) in [5.41, 5.74) is 19.2. The van der Waals surface area contributed by atoms with Gasteiger partial charge < -0.3 is 0 Å². The van der Waals surface area contributed by atoms with E-state index in [0.717, 1.165) is 38.5 Å². The van der Waals surface area contributed by atoms with Gasteiger partial charge in [0.05, 0.1) is 0 Å². The van der Waals surface area contributed by atoms with Crippen molar-refractivity contribution >= 4 is 52.3 Å².